The second-order valence-electron chi connectivity index (χ2n) is 4.69. The number of carboxylic acid groups (broad SMARTS) is 1. The number of benzene rings is 1. The number of sulfone groups is 1. The number of anilines is 1. The van der Waals surface area contributed by atoms with Gasteiger partial charge >= 0.3 is 12.0 Å². The average Bonchev–Trinajstić information content (AvgIpc) is 2.67. The predicted molar refractivity (Wildman–Crippen MR) is 72.6 cm³/mol. The van der Waals surface area contributed by atoms with Crippen molar-refractivity contribution in [3.63, 3.8) is 0 Å². The number of nitrogens with one attached hydrogen (secondary N) is 2. The van der Waals surface area contributed by atoms with Crippen molar-refractivity contribution >= 4 is 27.5 Å². The van der Waals surface area contributed by atoms with E-state index < -0.39 is 33.7 Å². The van der Waals surface area contributed by atoms with Gasteiger partial charge in [-0.3, -0.25) is 0 Å². The van der Waals surface area contributed by atoms with Crippen LogP contribution in [0.15, 0.2) is 18.2 Å². The van der Waals surface area contributed by atoms with Gasteiger partial charge in [0, 0.05) is 6.04 Å². The number of halogens is 1. The first kappa shape index (κ1) is 15.2. The third kappa shape index (κ3) is 3.91. The number of carbonyl (C=O) groups excluding carboxylic acids is 1. The van der Waals surface area contributed by atoms with Crippen molar-refractivity contribution < 1.29 is 27.5 Å². The molecule has 1 atom stereocenters. The maximum atomic E-state index is 13.1. The van der Waals surface area contributed by atoms with Crippen molar-refractivity contribution in [1.82, 2.24) is 5.32 Å². The van der Waals surface area contributed by atoms with Gasteiger partial charge in [-0.25, -0.2) is 22.4 Å². The van der Waals surface area contributed by atoms with Gasteiger partial charge in [0.25, 0.3) is 0 Å². The number of carboxylic acids is 1. The molecule has 2 rings (SSSR count). The number of hydrogen-bond donors (Lipinski definition) is 3. The van der Waals surface area contributed by atoms with Crippen molar-refractivity contribution in [1.29, 1.82) is 0 Å². The third-order valence-corrected chi connectivity index (χ3v) is 4.80. The lowest BCUT2D eigenvalue weighted by Crippen LogP contribution is -2.38. The maximum absolute atomic E-state index is 13.1. The largest absolute Gasteiger partial charge is 0.478 e. The van der Waals surface area contributed by atoms with Crippen LogP contribution in [0.4, 0.5) is 14.9 Å². The Morgan fingerprint density at radius 1 is 1.33 bits per heavy atom. The van der Waals surface area contributed by atoms with E-state index in [4.69, 9.17) is 5.11 Å². The predicted octanol–water partition coefficient (Wildman–Crippen LogP) is 0.833. The van der Waals surface area contributed by atoms with Gasteiger partial charge < -0.3 is 15.7 Å². The Bertz CT molecular complexity index is 689. The number of rotatable bonds is 3. The molecule has 7 nitrogen and oxygen atoms in total. The Morgan fingerprint density at radius 3 is 2.62 bits per heavy atom. The van der Waals surface area contributed by atoms with Crippen molar-refractivity contribution in [3.8, 4) is 0 Å². The van der Waals surface area contributed by atoms with E-state index in [-0.39, 0.29) is 22.8 Å². The van der Waals surface area contributed by atoms with Crippen LogP contribution in [0.3, 0.4) is 0 Å². The van der Waals surface area contributed by atoms with Gasteiger partial charge in [-0.15, -0.1) is 0 Å². The van der Waals surface area contributed by atoms with E-state index in [1.165, 1.54) is 0 Å². The highest BCUT2D eigenvalue weighted by atomic mass is 32.2. The van der Waals surface area contributed by atoms with Gasteiger partial charge in [-0.05, 0) is 24.6 Å². The fourth-order valence-corrected chi connectivity index (χ4v) is 3.73. The smallest absolute Gasteiger partial charge is 0.337 e. The van der Waals surface area contributed by atoms with Crippen LogP contribution in [0.2, 0.25) is 0 Å². The van der Waals surface area contributed by atoms with E-state index in [1.54, 1.807) is 0 Å². The lowest BCUT2D eigenvalue weighted by Gasteiger charge is -2.13. The molecule has 21 heavy (non-hydrogen) atoms. The van der Waals surface area contributed by atoms with Crippen LogP contribution in [0.25, 0.3) is 0 Å². The lowest BCUT2D eigenvalue weighted by molar-refractivity contribution is 0.0698. The van der Waals surface area contributed by atoms with Gasteiger partial charge in [0.15, 0.2) is 9.84 Å². The molecule has 1 saturated heterocycles. The van der Waals surface area contributed by atoms with E-state index >= 15 is 0 Å². The molecule has 1 unspecified atom stereocenters. The minimum atomic E-state index is -3.14. The van der Waals surface area contributed by atoms with Gasteiger partial charge in [0.1, 0.15) is 5.82 Å². The van der Waals surface area contributed by atoms with E-state index in [0.717, 1.165) is 18.2 Å². The Hall–Kier alpha value is -2.16. The summed E-state index contributed by atoms with van der Waals surface area (Å²) in [6, 6.07) is 1.58. The van der Waals surface area contributed by atoms with Crippen LogP contribution in [-0.4, -0.2) is 43.1 Å². The molecule has 0 aliphatic carbocycles. The van der Waals surface area contributed by atoms with Crippen molar-refractivity contribution in [2.24, 2.45) is 0 Å². The van der Waals surface area contributed by atoms with E-state index in [9.17, 15) is 22.4 Å². The summed E-state index contributed by atoms with van der Waals surface area (Å²) < 4.78 is 35.7. The summed E-state index contributed by atoms with van der Waals surface area (Å²) in [4.78, 5) is 22.7. The summed E-state index contributed by atoms with van der Waals surface area (Å²) >= 11 is 0. The Morgan fingerprint density at radius 2 is 2.05 bits per heavy atom. The van der Waals surface area contributed by atoms with Gasteiger partial charge in [-0.2, -0.15) is 0 Å². The molecule has 1 heterocycles. The molecule has 0 bridgehead atoms. The van der Waals surface area contributed by atoms with Crippen molar-refractivity contribution in [2.75, 3.05) is 16.8 Å². The zero-order valence-electron chi connectivity index (χ0n) is 10.8. The van der Waals surface area contributed by atoms with Crippen LogP contribution in [0.5, 0.6) is 0 Å². The SMILES string of the molecule is O=C(Nc1cc(F)ccc1C(=O)O)NC1CCS(=O)(=O)C1. The second kappa shape index (κ2) is 5.68. The van der Waals surface area contributed by atoms with Gasteiger partial charge in [0.05, 0.1) is 22.8 Å². The van der Waals surface area contributed by atoms with Crippen LogP contribution >= 0.6 is 0 Å². The fourth-order valence-electron chi connectivity index (χ4n) is 2.06. The summed E-state index contributed by atoms with van der Waals surface area (Å²) in [5.74, 6) is -2.17. The summed E-state index contributed by atoms with van der Waals surface area (Å²) in [6.45, 7) is 0. The lowest BCUT2D eigenvalue weighted by atomic mass is 10.1. The Kier molecular flexibility index (Phi) is 4.12. The molecule has 2 amide bonds. The Labute approximate surface area is 120 Å². The zero-order valence-corrected chi connectivity index (χ0v) is 11.6. The van der Waals surface area contributed by atoms with E-state index in [0.29, 0.717) is 6.42 Å². The average molecular weight is 316 g/mol. The van der Waals surface area contributed by atoms with E-state index in [1.807, 2.05) is 0 Å². The number of hydrogen-bond acceptors (Lipinski definition) is 4. The summed E-state index contributed by atoms with van der Waals surface area (Å²) in [5.41, 5.74) is -0.452. The van der Waals surface area contributed by atoms with Gasteiger partial charge in [0.2, 0.25) is 0 Å². The van der Waals surface area contributed by atoms with Gasteiger partial charge in [-0.1, -0.05) is 0 Å². The topological polar surface area (TPSA) is 113 Å². The van der Waals surface area contributed by atoms with Crippen LogP contribution in [-0.2, 0) is 9.84 Å². The summed E-state index contributed by atoms with van der Waals surface area (Å²) in [6.07, 6.45) is 0.296. The molecule has 1 aliphatic heterocycles. The van der Waals surface area contributed by atoms with Crippen molar-refractivity contribution in [2.45, 2.75) is 12.5 Å². The molecule has 9 heteroatoms. The molecule has 0 saturated carbocycles. The van der Waals surface area contributed by atoms with Crippen LogP contribution < -0.4 is 10.6 Å². The highest BCUT2D eigenvalue weighted by molar-refractivity contribution is 7.91. The molecule has 0 aromatic heterocycles. The number of carbonyl (C=O) groups is 2. The molecular weight excluding hydrogens is 303 g/mol. The normalized spacial score (nSPS) is 20.0. The quantitative estimate of drug-likeness (QED) is 0.764. The molecule has 1 aromatic rings. The first-order valence-corrected chi connectivity index (χ1v) is 7.90. The molecule has 114 valence electrons. The monoisotopic (exact) mass is 316 g/mol. The minimum Gasteiger partial charge on any atom is -0.478 e. The van der Waals surface area contributed by atoms with E-state index in [2.05, 4.69) is 10.6 Å². The summed E-state index contributed by atoms with van der Waals surface area (Å²) in [7, 11) is -3.14. The first-order valence-electron chi connectivity index (χ1n) is 6.07. The highest BCUT2D eigenvalue weighted by Crippen LogP contribution is 2.18. The molecule has 0 radical (unpaired) electrons. The first-order chi connectivity index (χ1) is 9.77. The van der Waals surface area contributed by atoms with Crippen molar-refractivity contribution in [3.05, 3.63) is 29.6 Å². The third-order valence-electron chi connectivity index (χ3n) is 3.03. The molecule has 1 aromatic carbocycles. The standard InChI is InChI=1S/C12H13FN2O5S/c13-7-1-2-9(11(16)17)10(5-7)15-12(18)14-8-3-4-21(19,20)6-8/h1-2,5,8H,3-4,6H2,(H,16,17)(H2,14,15,18). The van der Waals surface area contributed by atoms with Crippen LogP contribution in [0, 0.1) is 5.82 Å². The fraction of sp³-hybridized carbons (Fsp3) is 0.333. The molecule has 0 spiro atoms. The zero-order chi connectivity index (χ0) is 15.6. The van der Waals surface area contributed by atoms with Crippen LogP contribution in [0.1, 0.15) is 16.8 Å². The highest BCUT2D eigenvalue weighted by Gasteiger charge is 2.29. The maximum Gasteiger partial charge on any atom is 0.337 e. The summed E-state index contributed by atoms with van der Waals surface area (Å²) in [5, 5.41) is 13.6. The number of urea groups is 1. The minimum absolute atomic E-state index is 0.00170. The molecular formula is C12H13FN2O5S. The number of amides is 2. The molecule has 1 fully saturated rings. The number of aromatic carboxylic acids is 1. The molecule has 3 N–H and O–H groups in total. The molecule has 1 aliphatic rings. The second-order valence-corrected chi connectivity index (χ2v) is 6.92. The Balaban J connectivity index is 2.06.